The van der Waals surface area contributed by atoms with Crippen LogP contribution in [0.2, 0.25) is 0 Å². The minimum absolute atomic E-state index is 0.192. The van der Waals surface area contributed by atoms with Gasteiger partial charge in [-0.05, 0) is 17.7 Å². The monoisotopic (exact) mass is 318 g/mol. The molecule has 1 rings (SSSR count). The molecule has 0 saturated carbocycles. The van der Waals surface area contributed by atoms with Gasteiger partial charge in [0.2, 0.25) is 0 Å². The highest BCUT2D eigenvalue weighted by molar-refractivity contribution is 9.11. The Bertz CT molecular complexity index is 465. The molecule has 1 N–H and O–H groups in total. The molecule has 0 aliphatic rings. The van der Waals surface area contributed by atoms with E-state index in [9.17, 15) is 13.6 Å². The Morgan fingerprint density at radius 3 is 2.67 bits per heavy atom. The summed E-state index contributed by atoms with van der Waals surface area (Å²) in [5.74, 6) is -1.82. The van der Waals surface area contributed by atoms with Crippen molar-refractivity contribution in [3.63, 3.8) is 0 Å². The predicted molar refractivity (Wildman–Crippen MR) is 69.3 cm³/mol. The van der Waals surface area contributed by atoms with E-state index in [0.29, 0.717) is 16.6 Å². The van der Waals surface area contributed by atoms with Crippen molar-refractivity contribution in [2.45, 2.75) is 6.54 Å². The lowest BCUT2D eigenvalue weighted by Crippen LogP contribution is -2.37. The predicted octanol–water partition coefficient (Wildman–Crippen LogP) is 3.01. The Balaban J connectivity index is 2.58. The van der Waals surface area contributed by atoms with Crippen molar-refractivity contribution in [3.05, 3.63) is 46.5 Å². The second kappa shape index (κ2) is 6.49. The molecule has 0 unspecified atom stereocenters. The minimum Gasteiger partial charge on any atom is -0.333 e. The van der Waals surface area contributed by atoms with Gasteiger partial charge in [-0.25, -0.2) is 13.6 Å². The number of rotatable bonds is 4. The second-order valence-corrected chi connectivity index (χ2v) is 4.90. The van der Waals surface area contributed by atoms with E-state index >= 15 is 0 Å². The molecule has 0 bridgehead atoms. The summed E-state index contributed by atoms with van der Waals surface area (Å²) in [6, 6.07) is 3.23. The summed E-state index contributed by atoms with van der Waals surface area (Å²) in [5, 5.41) is 2.60. The molecule has 1 aromatic carbocycles. The Hall–Kier alpha value is -1.43. The standard InChI is InChI=1S/C12H13BrF2N2O/c1-8(13)6-16-12(18)17(2)7-9-3-4-10(14)11(15)5-9/h3-5H,1,6-7H2,2H3,(H,16,18). The maximum atomic E-state index is 13.0. The summed E-state index contributed by atoms with van der Waals surface area (Å²) in [6.07, 6.45) is 0. The molecule has 0 fully saturated rings. The number of hydrogen-bond acceptors (Lipinski definition) is 1. The summed E-state index contributed by atoms with van der Waals surface area (Å²) >= 11 is 3.12. The van der Waals surface area contributed by atoms with E-state index in [2.05, 4.69) is 27.8 Å². The van der Waals surface area contributed by atoms with Crippen molar-refractivity contribution in [1.82, 2.24) is 10.2 Å². The molecule has 0 radical (unpaired) electrons. The van der Waals surface area contributed by atoms with Gasteiger partial charge < -0.3 is 10.2 Å². The molecule has 0 aliphatic heterocycles. The van der Waals surface area contributed by atoms with Gasteiger partial charge in [0.05, 0.1) is 6.54 Å². The van der Waals surface area contributed by atoms with Crippen LogP contribution in [0.3, 0.4) is 0 Å². The van der Waals surface area contributed by atoms with Gasteiger partial charge in [-0.3, -0.25) is 0 Å². The lowest BCUT2D eigenvalue weighted by molar-refractivity contribution is 0.208. The van der Waals surface area contributed by atoms with Gasteiger partial charge in [0.15, 0.2) is 11.6 Å². The highest BCUT2D eigenvalue weighted by Gasteiger charge is 2.10. The number of halogens is 3. The molecule has 1 aromatic rings. The van der Waals surface area contributed by atoms with Crippen molar-refractivity contribution in [3.8, 4) is 0 Å². The van der Waals surface area contributed by atoms with Crippen LogP contribution in [-0.4, -0.2) is 24.5 Å². The molecule has 0 aliphatic carbocycles. The van der Waals surface area contributed by atoms with Crippen LogP contribution in [0.1, 0.15) is 5.56 Å². The normalized spacial score (nSPS) is 10.0. The molecule has 3 nitrogen and oxygen atoms in total. The molecule has 0 saturated heterocycles. The maximum Gasteiger partial charge on any atom is 0.317 e. The summed E-state index contributed by atoms with van der Waals surface area (Å²) in [5.41, 5.74) is 0.518. The average molecular weight is 319 g/mol. The summed E-state index contributed by atoms with van der Waals surface area (Å²) in [7, 11) is 1.56. The van der Waals surface area contributed by atoms with Gasteiger partial charge in [-0.15, -0.1) is 0 Å². The molecule has 0 atom stereocenters. The number of nitrogens with zero attached hydrogens (tertiary/aromatic N) is 1. The van der Waals surface area contributed by atoms with Crippen LogP contribution in [0.4, 0.5) is 13.6 Å². The Morgan fingerprint density at radius 2 is 2.11 bits per heavy atom. The molecule has 98 valence electrons. The summed E-state index contributed by atoms with van der Waals surface area (Å²) < 4.78 is 26.3. The van der Waals surface area contributed by atoms with Gasteiger partial charge in [-0.2, -0.15) is 0 Å². The minimum atomic E-state index is -0.921. The zero-order chi connectivity index (χ0) is 13.7. The largest absolute Gasteiger partial charge is 0.333 e. The molecular formula is C12H13BrF2N2O. The van der Waals surface area contributed by atoms with E-state index in [1.807, 2.05) is 0 Å². The third kappa shape index (κ3) is 4.44. The van der Waals surface area contributed by atoms with E-state index in [4.69, 9.17) is 0 Å². The highest BCUT2D eigenvalue weighted by Crippen LogP contribution is 2.10. The van der Waals surface area contributed by atoms with Gasteiger partial charge in [0.25, 0.3) is 0 Å². The molecule has 18 heavy (non-hydrogen) atoms. The first-order valence-corrected chi connectivity index (χ1v) is 5.95. The average Bonchev–Trinajstić information content (AvgIpc) is 2.30. The lowest BCUT2D eigenvalue weighted by atomic mass is 10.2. The molecule has 2 amide bonds. The fraction of sp³-hybridized carbons (Fsp3) is 0.250. The first-order chi connectivity index (χ1) is 8.40. The van der Waals surface area contributed by atoms with Crippen LogP contribution in [0.25, 0.3) is 0 Å². The fourth-order valence-corrected chi connectivity index (χ4v) is 1.43. The Labute approximate surface area is 113 Å². The van der Waals surface area contributed by atoms with Crippen LogP contribution in [0.5, 0.6) is 0 Å². The number of amides is 2. The van der Waals surface area contributed by atoms with E-state index in [1.54, 1.807) is 7.05 Å². The lowest BCUT2D eigenvalue weighted by Gasteiger charge is -2.18. The SMILES string of the molecule is C=C(Br)CNC(=O)N(C)Cc1ccc(F)c(F)c1. The van der Waals surface area contributed by atoms with E-state index in [0.717, 1.165) is 12.1 Å². The van der Waals surface area contributed by atoms with E-state index in [-0.39, 0.29) is 12.6 Å². The molecule has 6 heteroatoms. The first-order valence-electron chi connectivity index (χ1n) is 5.16. The zero-order valence-corrected chi connectivity index (χ0v) is 11.4. The number of urea groups is 1. The van der Waals surface area contributed by atoms with E-state index < -0.39 is 11.6 Å². The van der Waals surface area contributed by atoms with Crippen LogP contribution in [0, 0.1) is 11.6 Å². The van der Waals surface area contributed by atoms with Crippen molar-refractivity contribution in [2.24, 2.45) is 0 Å². The van der Waals surface area contributed by atoms with Crippen LogP contribution in [-0.2, 0) is 6.54 Å². The second-order valence-electron chi connectivity index (χ2n) is 3.78. The number of nitrogens with one attached hydrogen (secondary N) is 1. The van der Waals surface area contributed by atoms with Gasteiger partial charge in [0.1, 0.15) is 0 Å². The van der Waals surface area contributed by atoms with Gasteiger partial charge >= 0.3 is 6.03 Å². The van der Waals surface area contributed by atoms with Crippen molar-refractivity contribution < 1.29 is 13.6 Å². The molecule has 0 heterocycles. The van der Waals surface area contributed by atoms with Crippen LogP contribution >= 0.6 is 15.9 Å². The number of hydrogen-bond donors (Lipinski definition) is 1. The molecular weight excluding hydrogens is 306 g/mol. The van der Waals surface area contributed by atoms with Crippen molar-refractivity contribution in [2.75, 3.05) is 13.6 Å². The van der Waals surface area contributed by atoms with E-state index in [1.165, 1.54) is 11.0 Å². The van der Waals surface area contributed by atoms with Gasteiger partial charge in [0, 0.05) is 18.1 Å². The van der Waals surface area contributed by atoms with Crippen LogP contribution < -0.4 is 5.32 Å². The number of carbonyl (C=O) groups excluding carboxylic acids is 1. The highest BCUT2D eigenvalue weighted by atomic mass is 79.9. The maximum absolute atomic E-state index is 13.0. The number of carbonyl (C=O) groups is 1. The Morgan fingerprint density at radius 1 is 1.44 bits per heavy atom. The summed E-state index contributed by atoms with van der Waals surface area (Å²) in [6.45, 7) is 4.08. The fourth-order valence-electron chi connectivity index (χ4n) is 1.29. The smallest absolute Gasteiger partial charge is 0.317 e. The molecule has 0 spiro atoms. The third-order valence-electron chi connectivity index (χ3n) is 2.18. The number of benzene rings is 1. The van der Waals surface area contributed by atoms with Crippen molar-refractivity contribution in [1.29, 1.82) is 0 Å². The topological polar surface area (TPSA) is 32.3 Å². The summed E-state index contributed by atoms with van der Waals surface area (Å²) in [4.78, 5) is 13.0. The van der Waals surface area contributed by atoms with Gasteiger partial charge in [-0.1, -0.05) is 28.6 Å². The molecule has 0 aromatic heterocycles. The quantitative estimate of drug-likeness (QED) is 0.909. The third-order valence-corrected chi connectivity index (χ3v) is 2.46. The zero-order valence-electron chi connectivity index (χ0n) is 9.84. The van der Waals surface area contributed by atoms with Crippen LogP contribution in [0.15, 0.2) is 29.3 Å². The Kier molecular flexibility index (Phi) is 5.27. The first kappa shape index (κ1) is 14.6. The van der Waals surface area contributed by atoms with Crippen molar-refractivity contribution >= 4 is 22.0 Å².